The molecule has 1 aromatic carbocycles. The Hall–Kier alpha value is -3.94. The van der Waals surface area contributed by atoms with Crippen LogP contribution in [0.2, 0.25) is 0 Å². The lowest BCUT2D eigenvalue weighted by Gasteiger charge is -2.17. The van der Waals surface area contributed by atoms with E-state index in [0.717, 1.165) is 66.4 Å². The number of anilines is 1. The van der Waals surface area contributed by atoms with Crippen LogP contribution in [0.5, 0.6) is 0 Å². The lowest BCUT2D eigenvalue weighted by atomic mass is 10.0. The summed E-state index contributed by atoms with van der Waals surface area (Å²) in [4.78, 5) is 16.2. The fraction of sp³-hybridized carbons (Fsp3) is 0.357. The van der Waals surface area contributed by atoms with Crippen molar-refractivity contribution in [2.24, 2.45) is 0 Å². The number of allylic oxidation sites excluding steroid dienone is 1. The second-order valence-corrected chi connectivity index (χ2v) is 9.30. The van der Waals surface area contributed by atoms with Crippen molar-refractivity contribution in [2.75, 3.05) is 11.9 Å². The number of hydrogen-bond acceptors (Lipinski definition) is 6. The van der Waals surface area contributed by atoms with Crippen LogP contribution in [-0.2, 0) is 17.6 Å². The second-order valence-electron chi connectivity index (χ2n) is 9.30. The fourth-order valence-electron chi connectivity index (χ4n) is 4.53. The van der Waals surface area contributed by atoms with Gasteiger partial charge in [0.25, 0.3) is 0 Å². The zero-order valence-electron chi connectivity index (χ0n) is 20.9. The summed E-state index contributed by atoms with van der Waals surface area (Å²) in [5.74, 6) is 0.115. The van der Waals surface area contributed by atoms with Gasteiger partial charge in [-0.2, -0.15) is 5.10 Å². The van der Waals surface area contributed by atoms with Crippen LogP contribution in [0, 0.1) is 19.3 Å². The minimum Gasteiger partial charge on any atom is -0.481 e. The van der Waals surface area contributed by atoms with Crippen LogP contribution < -0.4 is 10.6 Å². The van der Waals surface area contributed by atoms with E-state index in [2.05, 4.69) is 27.9 Å². The van der Waals surface area contributed by atoms with Crippen molar-refractivity contribution in [3.8, 4) is 5.69 Å². The number of hydrogen-bond donors (Lipinski definition) is 4. The van der Waals surface area contributed by atoms with E-state index in [1.807, 2.05) is 48.9 Å². The molecule has 0 aliphatic carbocycles. The van der Waals surface area contributed by atoms with Gasteiger partial charge >= 0.3 is 5.97 Å². The Kier molecular flexibility index (Phi) is 8.15. The van der Waals surface area contributed by atoms with Gasteiger partial charge in [-0.05, 0) is 93.6 Å². The number of benzene rings is 1. The maximum absolute atomic E-state index is 11.5. The van der Waals surface area contributed by atoms with E-state index >= 15 is 0 Å². The van der Waals surface area contributed by atoms with Gasteiger partial charge in [0.15, 0.2) is 0 Å². The number of aromatic nitrogens is 3. The molecular weight excluding hydrogens is 452 g/mol. The summed E-state index contributed by atoms with van der Waals surface area (Å²) in [7, 11) is 0. The molecule has 0 radical (unpaired) electrons. The molecule has 0 saturated carbocycles. The van der Waals surface area contributed by atoms with Crippen LogP contribution >= 0.6 is 0 Å². The number of nitrogens with zero attached hydrogens (tertiary/aromatic N) is 3. The summed E-state index contributed by atoms with van der Waals surface area (Å²) in [5.41, 5.74) is 6.50. The molecule has 36 heavy (non-hydrogen) atoms. The molecule has 1 aliphatic rings. The molecule has 3 aromatic rings. The van der Waals surface area contributed by atoms with Crippen LogP contribution in [0.3, 0.4) is 0 Å². The van der Waals surface area contributed by atoms with Crippen LogP contribution in [0.25, 0.3) is 5.69 Å². The summed E-state index contributed by atoms with van der Waals surface area (Å²) in [5, 5.41) is 28.8. The molecule has 188 valence electrons. The van der Waals surface area contributed by atoms with Crippen molar-refractivity contribution in [1.82, 2.24) is 20.1 Å². The first-order valence-corrected chi connectivity index (χ1v) is 12.5. The van der Waals surface area contributed by atoms with E-state index in [-0.39, 0.29) is 6.42 Å². The van der Waals surface area contributed by atoms with Crippen molar-refractivity contribution in [3.63, 3.8) is 0 Å². The minimum atomic E-state index is -0.889. The molecule has 3 heterocycles. The highest BCUT2D eigenvalue weighted by Crippen LogP contribution is 2.22. The van der Waals surface area contributed by atoms with Crippen molar-refractivity contribution in [3.05, 3.63) is 82.9 Å². The van der Waals surface area contributed by atoms with E-state index < -0.39 is 12.0 Å². The summed E-state index contributed by atoms with van der Waals surface area (Å²) >= 11 is 0. The summed E-state index contributed by atoms with van der Waals surface area (Å²) in [6.45, 7) is 4.91. The van der Waals surface area contributed by atoms with Gasteiger partial charge in [0.05, 0.1) is 23.8 Å². The Balaban J connectivity index is 1.33. The molecule has 8 nitrogen and oxygen atoms in total. The lowest BCUT2D eigenvalue weighted by molar-refractivity contribution is -0.137. The van der Waals surface area contributed by atoms with Crippen LogP contribution in [-0.4, -0.2) is 38.1 Å². The first-order valence-electron chi connectivity index (χ1n) is 12.5. The molecule has 0 saturated heterocycles. The number of nitrogens with one attached hydrogen (secondary N) is 3. The third kappa shape index (κ3) is 6.59. The van der Waals surface area contributed by atoms with Gasteiger partial charge in [0.2, 0.25) is 0 Å². The first-order chi connectivity index (χ1) is 17.4. The highest BCUT2D eigenvalue weighted by Gasteiger charge is 2.16. The number of carbonyl (C=O) groups is 1. The van der Waals surface area contributed by atoms with Gasteiger partial charge in [0.1, 0.15) is 5.82 Å². The Morgan fingerprint density at radius 3 is 2.92 bits per heavy atom. The molecule has 1 aliphatic heterocycles. The zero-order valence-corrected chi connectivity index (χ0v) is 20.9. The number of fused-ring (bicyclic) bond motifs is 1. The summed E-state index contributed by atoms with van der Waals surface area (Å²) < 4.78 is 1.86. The Morgan fingerprint density at radius 1 is 1.28 bits per heavy atom. The topological polar surface area (TPSA) is 116 Å². The Labute approximate surface area is 212 Å². The minimum absolute atomic E-state index is 0.0731. The van der Waals surface area contributed by atoms with E-state index in [0.29, 0.717) is 12.1 Å². The molecule has 0 fully saturated rings. The van der Waals surface area contributed by atoms with Crippen molar-refractivity contribution >= 4 is 17.5 Å². The number of aliphatic carboxylic acids is 1. The summed E-state index contributed by atoms with van der Waals surface area (Å²) in [6, 6.07) is 13.6. The SMILES string of the molecule is Cc1cc(C)n(-c2cccc(C(CC(=O)O)N/C=C\C(=N)CCCc3ccc4c(n3)NCCC4)c2)n1. The van der Waals surface area contributed by atoms with Crippen LogP contribution in [0.4, 0.5) is 5.82 Å². The van der Waals surface area contributed by atoms with E-state index in [4.69, 9.17) is 10.4 Å². The van der Waals surface area contributed by atoms with Gasteiger partial charge < -0.3 is 21.1 Å². The maximum atomic E-state index is 11.5. The molecule has 4 N–H and O–H groups in total. The van der Waals surface area contributed by atoms with Crippen molar-refractivity contribution < 1.29 is 9.90 Å². The number of aryl methyl sites for hydroxylation is 4. The Bertz CT molecular complexity index is 1260. The molecule has 1 atom stereocenters. The molecular formula is C28H34N6O2. The molecule has 1 unspecified atom stereocenters. The van der Waals surface area contributed by atoms with Crippen molar-refractivity contribution in [2.45, 2.75) is 58.4 Å². The number of carboxylic acid groups (broad SMARTS) is 1. The fourth-order valence-corrected chi connectivity index (χ4v) is 4.53. The van der Waals surface area contributed by atoms with Crippen LogP contribution in [0.15, 0.2) is 54.7 Å². The van der Waals surface area contributed by atoms with Crippen LogP contribution in [0.1, 0.15) is 59.9 Å². The standard InChI is InChI=1S/C28H34N6O2/c1-19-16-20(2)34(33-19)25-10-3-6-22(17-25)26(18-27(35)36)30-15-13-23(29)8-4-9-24-12-11-21-7-5-14-31-28(21)32-24/h3,6,10-13,15-17,26,29-30H,4-5,7-9,14,18H2,1-2H3,(H,31,32)(H,35,36)/b15-13-,29-23?. The average Bonchev–Trinajstić information content (AvgIpc) is 3.21. The molecule has 4 rings (SSSR count). The number of rotatable bonds is 11. The smallest absolute Gasteiger partial charge is 0.305 e. The molecule has 0 amide bonds. The third-order valence-corrected chi connectivity index (χ3v) is 6.32. The molecule has 8 heteroatoms. The monoisotopic (exact) mass is 486 g/mol. The van der Waals surface area contributed by atoms with E-state index in [1.165, 1.54) is 5.56 Å². The van der Waals surface area contributed by atoms with Gasteiger partial charge in [-0.25, -0.2) is 9.67 Å². The number of carboxylic acids is 1. The zero-order chi connectivity index (χ0) is 25.5. The van der Waals surface area contributed by atoms with Gasteiger partial charge in [-0.3, -0.25) is 4.79 Å². The predicted octanol–water partition coefficient (Wildman–Crippen LogP) is 4.90. The van der Waals surface area contributed by atoms with Gasteiger partial charge in [-0.1, -0.05) is 18.2 Å². The molecule has 0 bridgehead atoms. The first kappa shape index (κ1) is 25.2. The second kappa shape index (κ2) is 11.7. The largest absolute Gasteiger partial charge is 0.481 e. The van der Waals surface area contributed by atoms with Crippen molar-refractivity contribution in [1.29, 1.82) is 5.41 Å². The average molecular weight is 487 g/mol. The normalized spacial score (nSPS) is 13.7. The predicted molar refractivity (Wildman–Crippen MR) is 142 cm³/mol. The quantitative estimate of drug-likeness (QED) is 0.286. The third-order valence-electron chi connectivity index (χ3n) is 6.32. The maximum Gasteiger partial charge on any atom is 0.305 e. The van der Waals surface area contributed by atoms with E-state index in [9.17, 15) is 9.90 Å². The molecule has 2 aromatic heterocycles. The Morgan fingerprint density at radius 2 is 2.14 bits per heavy atom. The van der Waals surface area contributed by atoms with Gasteiger partial charge in [0, 0.05) is 23.6 Å². The van der Waals surface area contributed by atoms with Gasteiger partial charge in [-0.15, -0.1) is 0 Å². The van der Waals surface area contributed by atoms with E-state index in [1.54, 1.807) is 12.3 Å². The lowest BCUT2D eigenvalue weighted by Crippen LogP contribution is -2.19. The highest BCUT2D eigenvalue weighted by molar-refractivity contribution is 5.92. The number of pyridine rings is 1. The highest BCUT2D eigenvalue weighted by atomic mass is 16.4. The summed E-state index contributed by atoms with van der Waals surface area (Å²) in [6.07, 6.45) is 7.82. The molecule has 0 spiro atoms.